The lowest BCUT2D eigenvalue weighted by Gasteiger charge is -2.16. The van der Waals surface area contributed by atoms with Crippen molar-refractivity contribution in [2.75, 3.05) is 36.6 Å². The predicted molar refractivity (Wildman–Crippen MR) is 66.0 cm³/mol. The Morgan fingerprint density at radius 3 is 1.36 bits per heavy atom. The Balaban J connectivity index is 3.97. The molecular weight excluding hydrogens is 263 g/mol. The molecule has 0 saturated carbocycles. The van der Waals surface area contributed by atoms with E-state index in [0.29, 0.717) is 17.8 Å². The zero-order chi connectivity index (χ0) is 10.9. The van der Waals surface area contributed by atoms with Crippen molar-refractivity contribution in [3.63, 3.8) is 0 Å². The van der Waals surface area contributed by atoms with Crippen molar-refractivity contribution >= 4 is 43.1 Å². The van der Waals surface area contributed by atoms with Crippen LogP contribution in [0.25, 0.3) is 0 Å². The first kappa shape index (κ1) is 15.2. The highest BCUT2D eigenvalue weighted by Gasteiger charge is 2.25. The fourth-order valence-corrected chi connectivity index (χ4v) is 3.50. The summed E-state index contributed by atoms with van der Waals surface area (Å²) in [5.74, 6) is 0.917. The van der Waals surface area contributed by atoms with E-state index in [1.165, 1.54) is 35.3 Å². The molecule has 0 N–H and O–H groups in total. The minimum absolute atomic E-state index is 0.306. The van der Waals surface area contributed by atoms with E-state index in [2.05, 4.69) is 0 Å². The normalized spacial score (nSPS) is 11.9. The Hall–Kier alpha value is 1.16. The molecule has 0 unspecified atom stereocenters. The number of phosphoric ester groups is 1. The summed E-state index contributed by atoms with van der Waals surface area (Å²) in [5.41, 5.74) is 0. The van der Waals surface area contributed by atoms with Gasteiger partial charge in [0.25, 0.3) is 0 Å². The SMILES string of the molecule is CSCOP(=O)(OCSC)OCSC. The molecule has 0 bridgehead atoms. The molecule has 0 aliphatic carbocycles. The summed E-state index contributed by atoms with van der Waals surface area (Å²) in [5, 5.41) is 0. The van der Waals surface area contributed by atoms with Gasteiger partial charge in [-0.1, -0.05) is 0 Å². The Bertz CT molecular complexity index is 152. The number of hydrogen-bond acceptors (Lipinski definition) is 7. The van der Waals surface area contributed by atoms with Crippen molar-refractivity contribution in [1.82, 2.24) is 0 Å². The van der Waals surface area contributed by atoms with Gasteiger partial charge < -0.3 is 0 Å². The van der Waals surface area contributed by atoms with Crippen molar-refractivity contribution in [3.8, 4) is 0 Å². The van der Waals surface area contributed by atoms with Crippen LogP contribution in [0.2, 0.25) is 0 Å². The van der Waals surface area contributed by atoms with Gasteiger partial charge in [0.1, 0.15) is 17.8 Å². The second-order valence-electron chi connectivity index (χ2n) is 2.05. The monoisotopic (exact) mass is 278 g/mol. The zero-order valence-electron chi connectivity index (χ0n) is 8.43. The molecule has 8 heteroatoms. The minimum atomic E-state index is -3.33. The van der Waals surface area contributed by atoms with E-state index in [4.69, 9.17) is 13.6 Å². The Labute approximate surface area is 97.8 Å². The third-order valence-corrected chi connectivity index (χ3v) is 3.91. The van der Waals surface area contributed by atoms with Crippen LogP contribution in [0, 0.1) is 0 Å². The molecule has 0 amide bonds. The van der Waals surface area contributed by atoms with Gasteiger partial charge in [0.05, 0.1) is 0 Å². The molecular formula is C6H15O4PS3. The molecule has 0 heterocycles. The molecule has 0 radical (unpaired) electrons. The van der Waals surface area contributed by atoms with Crippen molar-refractivity contribution in [3.05, 3.63) is 0 Å². The number of hydrogen-bond donors (Lipinski definition) is 0. The van der Waals surface area contributed by atoms with Gasteiger partial charge >= 0.3 is 7.82 Å². The number of rotatable bonds is 9. The zero-order valence-corrected chi connectivity index (χ0v) is 11.8. The topological polar surface area (TPSA) is 44.8 Å². The maximum Gasteiger partial charge on any atom is 0.477 e. The summed E-state index contributed by atoms with van der Waals surface area (Å²) >= 11 is 4.28. The first-order chi connectivity index (χ1) is 6.68. The standard InChI is InChI=1S/C6H15O4PS3/c1-12-4-8-11(7,9-5-13-2)10-6-14-3/h4-6H2,1-3H3. The summed E-state index contributed by atoms with van der Waals surface area (Å²) in [6.07, 6.45) is 5.56. The van der Waals surface area contributed by atoms with Crippen molar-refractivity contribution < 1.29 is 18.1 Å². The van der Waals surface area contributed by atoms with Gasteiger partial charge in [-0.3, -0.25) is 13.6 Å². The van der Waals surface area contributed by atoms with Gasteiger partial charge in [0.2, 0.25) is 0 Å². The van der Waals surface area contributed by atoms with Gasteiger partial charge in [-0.15, -0.1) is 35.3 Å². The summed E-state index contributed by atoms with van der Waals surface area (Å²) in [6.45, 7) is 0. The van der Waals surface area contributed by atoms with Gasteiger partial charge in [-0.25, -0.2) is 4.57 Å². The minimum Gasteiger partial charge on any atom is -0.276 e. The largest absolute Gasteiger partial charge is 0.477 e. The lowest BCUT2D eigenvalue weighted by atomic mass is 11.7. The van der Waals surface area contributed by atoms with Crippen molar-refractivity contribution in [2.24, 2.45) is 0 Å². The van der Waals surface area contributed by atoms with Crippen LogP contribution in [0.3, 0.4) is 0 Å². The van der Waals surface area contributed by atoms with Crippen LogP contribution >= 0.6 is 43.1 Å². The molecule has 86 valence electrons. The summed E-state index contributed by atoms with van der Waals surface area (Å²) in [6, 6.07) is 0. The average molecular weight is 278 g/mol. The third-order valence-electron chi connectivity index (χ3n) is 0.986. The van der Waals surface area contributed by atoms with Crippen LogP contribution in [0.15, 0.2) is 0 Å². The van der Waals surface area contributed by atoms with E-state index in [0.717, 1.165) is 0 Å². The number of phosphoric acid groups is 1. The third kappa shape index (κ3) is 7.45. The van der Waals surface area contributed by atoms with E-state index in [-0.39, 0.29) is 0 Å². The Morgan fingerprint density at radius 2 is 1.14 bits per heavy atom. The highest BCUT2D eigenvalue weighted by atomic mass is 32.2. The average Bonchev–Trinajstić information content (AvgIpc) is 2.21. The van der Waals surface area contributed by atoms with E-state index in [1.54, 1.807) is 0 Å². The maximum atomic E-state index is 11.8. The molecule has 0 atom stereocenters. The molecule has 0 fully saturated rings. The van der Waals surface area contributed by atoms with Crippen LogP contribution in [-0.4, -0.2) is 36.6 Å². The van der Waals surface area contributed by atoms with Gasteiger partial charge in [0.15, 0.2) is 0 Å². The molecule has 0 aromatic carbocycles. The van der Waals surface area contributed by atoms with Crippen molar-refractivity contribution in [1.29, 1.82) is 0 Å². The predicted octanol–water partition coefficient (Wildman–Crippen LogP) is 3.11. The summed E-state index contributed by atoms with van der Waals surface area (Å²) in [7, 11) is -3.33. The molecule has 0 saturated heterocycles. The molecule has 0 aliphatic rings. The molecule has 4 nitrogen and oxygen atoms in total. The maximum absolute atomic E-state index is 11.8. The lowest BCUT2D eigenvalue weighted by Crippen LogP contribution is -1.99. The van der Waals surface area contributed by atoms with E-state index in [9.17, 15) is 4.57 Å². The lowest BCUT2D eigenvalue weighted by molar-refractivity contribution is 0.162. The van der Waals surface area contributed by atoms with Crippen molar-refractivity contribution in [2.45, 2.75) is 0 Å². The highest BCUT2D eigenvalue weighted by molar-refractivity contribution is 7.99. The fraction of sp³-hybridized carbons (Fsp3) is 1.00. The molecule has 0 spiro atoms. The second-order valence-corrected chi connectivity index (χ2v) is 6.16. The highest BCUT2D eigenvalue weighted by Crippen LogP contribution is 2.50. The summed E-state index contributed by atoms with van der Waals surface area (Å²) in [4.78, 5) is 0. The first-order valence-corrected chi connectivity index (χ1v) is 9.33. The van der Waals surface area contributed by atoms with Crippen LogP contribution in [0.5, 0.6) is 0 Å². The van der Waals surface area contributed by atoms with Gasteiger partial charge in [-0.2, -0.15) is 0 Å². The quantitative estimate of drug-likeness (QED) is 0.474. The van der Waals surface area contributed by atoms with E-state index in [1.807, 2.05) is 18.8 Å². The van der Waals surface area contributed by atoms with Gasteiger partial charge in [0, 0.05) is 0 Å². The smallest absolute Gasteiger partial charge is 0.276 e. The number of thioether (sulfide) groups is 3. The van der Waals surface area contributed by atoms with Crippen LogP contribution in [-0.2, 0) is 18.1 Å². The Kier molecular flexibility index (Phi) is 10.2. The first-order valence-electron chi connectivity index (χ1n) is 3.69. The fourth-order valence-electron chi connectivity index (χ4n) is 0.464. The molecule has 0 aromatic heterocycles. The van der Waals surface area contributed by atoms with Crippen LogP contribution in [0.4, 0.5) is 0 Å². The molecule has 0 aliphatic heterocycles. The van der Waals surface area contributed by atoms with Crippen LogP contribution < -0.4 is 0 Å². The van der Waals surface area contributed by atoms with E-state index < -0.39 is 7.82 Å². The molecule has 14 heavy (non-hydrogen) atoms. The molecule has 0 aromatic rings. The van der Waals surface area contributed by atoms with E-state index >= 15 is 0 Å². The van der Waals surface area contributed by atoms with Crippen LogP contribution in [0.1, 0.15) is 0 Å². The Morgan fingerprint density at radius 1 is 0.857 bits per heavy atom. The van der Waals surface area contributed by atoms with Gasteiger partial charge in [-0.05, 0) is 18.8 Å². The molecule has 0 rings (SSSR count). The second kappa shape index (κ2) is 9.39. The summed E-state index contributed by atoms with van der Waals surface area (Å²) < 4.78 is 26.9.